The zero-order valence-electron chi connectivity index (χ0n) is 40.7. The summed E-state index contributed by atoms with van der Waals surface area (Å²) in [5, 5.41) is 8.77. The fourth-order valence-corrected chi connectivity index (χ4v) is 11.9. The Bertz CT molecular complexity index is 4990. The first kappa shape index (κ1) is 42.2. The Morgan fingerprint density at radius 1 is 0.263 bits per heavy atom. The molecule has 0 N–H and O–H groups in total. The summed E-state index contributed by atoms with van der Waals surface area (Å²) in [4.78, 5) is 15.8. The molecule has 0 spiro atoms. The molecule has 0 amide bonds. The van der Waals surface area contributed by atoms with Crippen molar-refractivity contribution in [2.24, 2.45) is 0 Å². The van der Waals surface area contributed by atoms with Crippen molar-refractivity contribution in [2.75, 3.05) is 0 Å². The highest BCUT2D eigenvalue weighted by atomic mass is 16.3. The van der Waals surface area contributed by atoms with Crippen LogP contribution in [0.1, 0.15) is 0 Å². The van der Waals surface area contributed by atoms with Crippen molar-refractivity contribution in [3.63, 3.8) is 0 Å². The van der Waals surface area contributed by atoms with Crippen LogP contribution in [0.5, 0.6) is 0 Å². The molecule has 0 bridgehead atoms. The number of nitrogens with zero attached hydrogens (tertiary/aromatic N) is 5. The van der Waals surface area contributed by atoms with Crippen molar-refractivity contribution in [3.05, 3.63) is 249 Å². The van der Waals surface area contributed by atoms with Crippen LogP contribution in [0, 0.1) is 0 Å². The monoisotopic (exact) mass is 971 g/mol. The van der Waals surface area contributed by atoms with Gasteiger partial charge in [-0.15, -0.1) is 0 Å². The molecule has 11 aromatic carbocycles. The molecule has 0 radical (unpaired) electrons. The molecule has 5 aromatic heterocycles. The first-order valence-corrected chi connectivity index (χ1v) is 25.6. The van der Waals surface area contributed by atoms with Gasteiger partial charge >= 0.3 is 0 Å². The first-order valence-electron chi connectivity index (χ1n) is 25.6. The van der Waals surface area contributed by atoms with E-state index >= 15 is 0 Å². The van der Waals surface area contributed by atoms with Crippen LogP contribution < -0.4 is 0 Å². The Morgan fingerprint density at radius 2 is 0.763 bits per heavy atom. The second-order valence-corrected chi connectivity index (χ2v) is 19.4. The average Bonchev–Trinajstić information content (AvgIpc) is 4.30. The van der Waals surface area contributed by atoms with Gasteiger partial charge in [-0.2, -0.15) is 0 Å². The van der Waals surface area contributed by atoms with Gasteiger partial charge < -0.3 is 18.0 Å². The molecular weight excluding hydrogens is 931 g/mol. The third-order valence-electron chi connectivity index (χ3n) is 15.2. The summed E-state index contributed by atoms with van der Waals surface area (Å²) in [6.45, 7) is 0. The van der Waals surface area contributed by atoms with Crippen molar-refractivity contribution < 1.29 is 8.83 Å². The molecular formula is C69H41N5O2. The largest absolute Gasteiger partial charge is 0.456 e. The van der Waals surface area contributed by atoms with Gasteiger partial charge in [0.05, 0.1) is 27.6 Å². The normalized spacial score (nSPS) is 11.9. The van der Waals surface area contributed by atoms with Crippen molar-refractivity contribution in [3.8, 4) is 67.8 Å². The van der Waals surface area contributed by atoms with Crippen LogP contribution in [-0.2, 0) is 0 Å². The lowest BCUT2D eigenvalue weighted by Gasteiger charge is -2.10. The predicted molar refractivity (Wildman–Crippen MR) is 310 cm³/mol. The van der Waals surface area contributed by atoms with Crippen LogP contribution in [0.4, 0.5) is 0 Å². The molecule has 0 atom stereocenters. The Labute approximate surface area is 434 Å². The minimum absolute atomic E-state index is 0.518. The van der Waals surface area contributed by atoms with E-state index in [4.69, 9.17) is 23.8 Å². The fourth-order valence-electron chi connectivity index (χ4n) is 11.9. The predicted octanol–water partition coefficient (Wildman–Crippen LogP) is 18.2. The quantitative estimate of drug-likeness (QED) is 0.159. The standard InChI is InChI=1S/C69H41N5O2/c1-4-18-42(19-5-1)67-70-68(44-37-39-61-56(41-44)64-50(28-17-35-62(64)75-61)49-27-16-34-60-63(49)53-25-11-13-33-58(53)74(60)46-22-8-3-9-23-46)72-69(71-67)54-31-15-30-52-51-29-14-26-47(65(51)76-66(52)54)43-36-38-59-55(40-43)48-24-10-12-32-57(48)73(59)45-20-6-2-7-21-45/h1-41H. The smallest absolute Gasteiger partial charge is 0.167 e. The maximum Gasteiger partial charge on any atom is 0.167 e. The number of aromatic nitrogens is 5. The molecule has 354 valence electrons. The maximum absolute atomic E-state index is 7.10. The van der Waals surface area contributed by atoms with Gasteiger partial charge in [0.15, 0.2) is 17.5 Å². The van der Waals surface area contributed by atoms with E-state index in [9.17, 15) is 0 Å². The molecule has 0 aliphatic carbocycles. The number of rotatable bonds is 7. The number of fused-ring (bicyclic) bond motifs is 12. The van der Waals surface area contributed by atoms with Gasteiger partial charge in [-0.1, -0.05) is 164 Å². The Balaban J connectivity index is 0.862. The molecule has 0 unspecified atom stereocenters. The highest BCUT2D eigenvalue weighted by molar-refractivity contribution is 6.21. The molecule has 0 saturated carbocycles. The molecule has 5 heterocycles. The van der Waals surface area contributed by atoms with Crippen LogP contribution in [0.15, 0.2) is 258 Å². The van der Waals surface area contributed by atoms with Gasteiger partial charge in [0.1, 0.15) is 22.3 Å². The zero-order chi connectivity index (χ0) is 49.8. The third-order valence-corrected chi connectivity index (χ3v) is 15.2. The summed E-state index contributed by atoms with van der Waals surface area (Å²) in [5.74, 6) is 1.63. The average molecular weight is 972 g/mol. The SMILES string of the molecule is c1ccc(-c2nc(-c3ccc4oc5cccc(-c6cccc7c6c6ccccc6n7-c6ccccc6)c5c4c3)nc(-c3cccc4c3oc3c(-c5ccc6c(c5)c5ccccc5n6-c5ccccc5)cccc34)n2)cc1. The molecule has 7 heteroatoms. The van der Waals surface area contributed by atoms with E-state index in [-0.39, 0.29) is 0 Å². The van der Waals surface area contributed by atoms with E-state index in [0.29, 0.717) is 23.1 Å². The molecule has 16 aromatic rings. The second kappa shape index (κ2) is 16.6. The van der Waals surface area contributed by atoms with Gasteiger partial charge in [-0.25, -0.2) is 15.0 Å². The Hall–Kier alpha value is -10.4. The molecule has 7 nitrogen and oxygen atoms in total. The summed E-state index contributed by atoms with van der Waals surface area (Å²) in [6, 6.07) is 87.2. The summed E-state index contributed by atoms with van der Waals surface area (Å²) >= 11 is 0. The fraction of sp³-hybridized carbons (Fsp3) is 0. The topological polar surface area (TPSA) is 74.8 Å². The zero-order valence-corrected chi connectivity index (χ0v) is 40.7. The van der Waals surface area contributed by atoms with Crippen molar-refractivity contribution in [1.82, 2.24) is 24.1 Å². The molecule has 0 fully saturated rings. The third kappa shape index (κ3) is 6.39. The number of hydrogen-bond donors (Lipinski definition) is 0. The van der Waals surface area contributed by atoms with Crippen LogP contribution in [0.3, 0.4) is 0 Å². The lowest BCUT2D eigenvalue weighted by Crippen LogP contribution is -2.00. The summed E-state index contributed by atoms with van der Waals surface area (Å²) < 4.78 is 18.5. The van der Waals surface area contributed by atoms with Crippen molar-refractivity contribution in [2.45, 2.75) is 0 Å². The number of hydrogen-bond acceptors (Lipinski definition) is 5. The minimum Gasteiger partial charge on any atom is -0.456 e. The Morgan fingerprint density at radius 3 is 1.51 bits per heavy atom. The molecule has 76 heavy (non-hydrogen) atoms. The van der Waals surface area contributed by atoms with Crippen LogP contribution in [-0.4, -0.2) is 24.1 Å². The summed E-state index contributed by atoms with van der Waals surface area (Å²) in [6.07, 6.45) is 0. The van der Waals surface area contributed by atoms with E-state index in [2.05, 4.69) is 221 Å². The van der Waals surface area contributed by atoms with Gasteiger partial charge in [-0.05, 0) is 102 Å². The van der Waals surface area contributed by atoms with E-state index in [0.717, 1.165) is 105 Å². The van der Waals surface area contributed by atoms with Gasteiger partial charge in [0, 0.05) is 71.2 Å². The first-order chi connectivity index (χ1) is 37.7. The van der Waals surface area contributed by atoms with Crippen LogP contribution in [0.25, 0.3) is 155 Å². The number of furan rings is 2. The second-order valence-electron chi connectivity index (χ2n) is 19.4. The Kier molecular flexibility index (Phi) is 9.20. The number of para-hydroxylation sites is 6. The lowest BCUT2D eigenvalue weighted by atomic mass is 9.95. The maximum atomic E-state index is 7.10. The minimum atomic E-state index is 0.518. The summed E-state index contributed by atoms with van der Waals surface area (Å²) in [5.41, 5.74) is 16.8. The van der Waals surface area contributed by atoms with E-state index in [1.807, 2.05) is 36.4 Å². The van der Waals surface area contributed by atoms with Gasteiger partial charge in [0.25, 0.3) is 0 Å². The molecule has 0 saturated heterocycles. The number of benzene rings is 11. The van der Waals surface area contributed by atoms with Crippen LogP contribution >= 0.6 is 0 Å². The lowest BCUT2D eigenvalue weighted by molar-refractivity contribution is 0.669. The van der Waals surface area contributed by atoms with E-state index in [1.54, 1.807) is 0 Å². The summed E-state index contributed by atoms with van der Waals surface area (Å²) in [7, 11) is 0. The van der Waals surface area contributed by atoms with Gasteiger partial charge in [-0.3, -0.25) is 0 Å². The van der Waals surface area contributed by atoms with Crippen molar-refractivity contribution in [1.29, 1.82) is 0 Å². The van der Waals surface area contributed by atoms with Gasteiger partial charge in [0.2, 0.25) is 0 Å². The molecule has 16 rings (SSSR count). The van der Waals surface area contributed by atoms with Crippen molar-refractivity contribution >= 4 is 87.5 Å². The van der Waals surface area contributed by atoms with E-state index in [1.165, 1.54) is 27.1 Å². The highest BCUT2D eigenvalue weighted by Gasteiger charge is 2.23. The highest BCUT2D eigenvalue weighted by Crippen LogP contribution is 2.45. The van der Waals surface area contributed by atoms with Crippen LogP contribution in [0.2, 0.25) is 0 Å². The van der Waals surface area contributed by atoms with E-state index < -0.39 is 0 Å². The molecule has 0 aliphatic rings. The molecule has 0 aliphatic heterocycles.